The van der Waals surface area contributed by atoms with Crippen LogP contribution in [0.2, 0.25) is 5.15 Å². The van der Waals surface area contributed by atoms with Crippen LogP contribution in [0.15, 0.2) is 30.6 Å². The first kappa shape index (κ1) is 12.9. The number of hydrogen-bond acceptors (Lipinski definition) is 3. The maximum absolute atomic E-state index is 12.5. The minimum absolute atomic E-state index is 0.209. The molecule has 0 saturated heterocycles. The monoisotopic (exact) mass is 298 g/mol. The molecule has 0 amide bonds. The van der Waals surface area contributed by atoms with Gasteiger partial charge in [0.2, 0.25) is 0 Å². The van der Waals surface area contributed by atoms with E-state index < -0.39 is 11.7 Å². The largest absolute Gasteiger partial charge is 0.416 e. The van der Waals surface area contributed by atoms with Gasteiger partial charge in [-0.1, -0.05) is 23.7 Å². The van der Waals surface area contributed by atoms with Crippen molar-refractivity contribution >= 4 is 22.8 Å². The van der Waals surface area contributed by atoms with Crippen molar-refractivity contribution in [3.05, 3.63) is 41.3 Å². The van der Waals surface area contributed by atoms with Crippen molar-refractivity contribution in [2.24, 2.45) is 0 Å². The summed E-state index contributed by atoms with van der Waals surface area (Å²) in [4.78, 5) is 14.8. The highest BCUT2D eigenvalue weighted by Crippen LogP contribution is 2.31. The van der Waals surface area contributed by atoms with E-state index in [2.05, 4.69) is 19.9 Å². The molecule has 20 heavy (non-hydrogen) atoms. The summed E-state index contributed by atoms with van der Waals surface area (Å²) < 4.78 is 37.4. The summed E-state index contributed by atoms with van der Waals surface area (Å²) >= 11 is 5.87. The first-order chi connectivity index (χ1) is 9.45. The zero-order valence-electron chi connectivity index (χ0n) is 9.74. The number of benzene rings is 1. The molecule has 0 aliphatic carbocycles. The predicted octanol–water partition coefficient (Wildman–Crippen LogP) is 3.69. The van der Waals surface area contributed by atoms with Crippen LogP contribution in [-0.4, -0.2) is 19.9 Å². The Bertz CT molecular complexity index is 764. The lowest BCUT2D eigenvalue weighted by atomic mass is 10.1. The molecular formula is C12H6ClF3N4. The van der Waals surface area contributed by atoms with E-state index in [4.69, 9.17) is 11.6 Å². The molecule has 0 fully saturated rings. The molecule has 0 unspecified atom stereocenters. The predicted molar refractivity (Wildman–Crippen MR) is 67.1 cm³/mol. The number of aromatic amines is 1. The van der Waals surface area contributed by atoms with Crippen LogP contribution in [0, 0.1) is 0 Å². The van der Waals surface area contributed by atoms with Crippen molar-refractivity contribution in [2.75, 3.05) is 0 Å². The van der Waals surface area contributed by atoms with E-state index in [1.54, 1.807) is 0 Å². The van der Waals surface area contributed by atoms with Crippen molar-refractivity contribution in [1.82, 2.24) is 19.9 Å². The van der Waals surface area contributed by atoms with E-state index in [0.717, 1.165) is 12.1 Å². The maximum Gasteiger partial charge on any atom is 0.416 e. The minimum atomic E-state index is -4.36. The number of fused-ring (bicyclic) bond motifs is 1. The third-order valence-electron chi connectivity index (χ3n) is 2.73. The molecule has 102 valence electrons. The van der Waals surface area contributed by atoms with Gasteiger partial charge in [0.1, 0.15) is 17.7 Å². The van der Waals surface area contributed by atoms with Gasteiger partial charge in [0.05, 0.1) is 5.56 Å². The van der Waals surface area contributed by atoms with Crippen molar-refractivity contribution in [3.63, 3.8) is 0 Å². The molecular weight excluding hydrogens is 293 g/mol. The van der Waals surface area contributed by atoms with E-state index in [1.165, 1.54) is 18.5 Å². The lowest BCUT2D eigenvalue weighted by Gasteiger charge is -2.06. The molecule has 0 bridgehead atoms. The van der Waals surface area contributed by atoms with E-state index in [-0.39, 0.29) is 5.15 Å². The highest BCUT2D eigenvalue weighted by atomic mass is 35.5. The summed E-state index contributed by atoms with van der Waals surface area (Å²) in [6.45, 7) is 0. The average molecular weight is 299 g/mol. The zero-order valence-corrected chi connectivity index (χ0v) is 10.5. The molecule has 1 N–H and O–H groups in total. The van der Waals surface area contributed by atoms with Crippen molar-refractivity contribution in [1.29, 1.82) is 0 Å². The third-order valence-corrected chi connectivity index (χ3v) is 3.01. The van der Waals surface area contributed by atoms with Crippen LogP contribution < -0.4 is 0 Å². The Labute approximate surface area is 115 Å². The topological polar surface area (TPSA) is 54.5 Å². The fourth-order valence-electron chi connectivity index (χ4n) is 1.75. The Kier molecular flexibility index (Phi) is 2.86. The normalized spacial score (nSPS) is 12.0. The van der Waals surface area contributed by atoms with Gasteiger partial charge in [-0.25, -0.2) is 15.0 Å². The number of imidazole rings is 1. The van der Waals surface area contributed by atoms with Gasteiger partial charge in [0.15, 0.2) is 10.8 Å². The molecule has 0 spiro atoms. The molecule has 0 radical (unpaired) electrons. The number of hydrogen-bond donors (Lipinski definition) is 1. The molecule has 2 aromatic heterocycles. The molecule has 0 aliphatic rings. The van der Waals surface area contributed by atoms with Crippen molar-refractivity contribution < 1.29 is 13.2 Å². The van der Waals surface area contributed by atoms with Gasteiger partial charge < -0.3 is 4.98 Å². The third kappa shape index (κ3) is 2.20. The first-order valence-corrected chi connectivity index (χ1v) is 5.87. The number of H-pyrrole nitrogens is 1. The fraction of sp³-hybridized carbons (Fsp3) is 0.0833. The van der Waals surface area contributed by atoms with Crippen molar-refractivity contribution in [3.8, 4) is 11.4 Å². The summed E-state index contributed by atoms with van der Waals surface area (Å²) in [5, 5.41) is 0.209. The van der Waals surface area contributed by atoms with E-state index in [1.807, 2.05) is 0 Å². The molecule has 3 rings (SSSR count). The second-order valence-corrected chi connectivity index (χ2v) is 4.38. The van der Waals surface area contributed by atoms with Gasteiger partial charge >= 0.3 is 6.18 Å². The van der Waals surface area contributed by atoms with Gasteiger partial charge in [-0.05, 0) is 12.1 Å². The Morgan fingerprint density at radius 2 is 1.75 bits per heavy atom. The number of rotatable bonds is 1. The molecule has 1 aromatic carbocycles. The van der Waals surface area contributed by atoms with Crippen LogP contribution in [0.25, 0.3) is 22.6 Å². The Balaban J connectivity index is 2.05. The molecule has 4 nitrogen and oxygen atoms in total. The second kappa shape index (κ2) is 4.45. The number of nitrogens with zero attached hydrogens (tertiary/aromatic N) is 3. The van der Waals surface area contributed by atoms with E-state index in [0.29, 0.717) is 22.6 Å². The molecule has 0 aliphatic heterocycles. The zero-order chi connectivity index (χ0) is 14.3. The summed E-state index contributed by atoms with van der Waals surface area (Å²) in [6.07, 6.45) is -3.09. The van der Waals surface area contributed by atoms with Gasteiger partial charge in [-0.3, -0.25) is 0 Å². The molecule has 0 saturated carbocycles. The quantitative estimate of drug-likeness (QED) is 0.697. The smallest absolute Gasteiger partial charge is 0.334 e. The van der Waals surface area contributed by atoms with Gasteiger partial charge in [0.25, 0.3) is 0 Å². The Hall–Kier alpha value is -2.15. The standard InChI is InChI=1S/C12H6ClF3N4/c13-9-8-11(18-5-17-9)20-10(19-8)6-1-3-7(4-2-6)12(14,15)16/h1-5H,(H,17,18,19,20). The lowest BCUT2D eigenvalue weighted by Crippen LogP contribution is -2.04. The highest BCUT2D eigenvalue weighted by molar-refractivity contribution is 6.33. The van der Waals surface area contributed by atoms with Gasteiger partial charge in [-0.15, -0.1) is 0 Å². The number of halogens is 4. The number of nitrogens with one attached hydrogen (secondary N) is 1. The SMILES string of the molecule is FC(F)(F)c1ccc(-c2nc3ncnc(Cl)c3[nH]2)cc1. The second-order valence-electron chi connectivity index (χ2n) is 4.02. The summed E-state index contributed by atoms with van der Waals surface area (Å²) in [5.41, 5.74) is 0.603. The first-order valence-electron chi connectivity index (χ1n) is 5.49. The summed E-state index contributed by atoms with van der Waals surface area (Å²) in [6, 6.07) is 4.66. The Morgan fingerprint density at radius 1 is 1.05 bits per heavy atom. The van der Waals surface area contributed by atoms with E-state index in [9.17, 15) is 13.2 Å². The number of aromatic nitrogens is 4. The van der Waals surface area contributed by atoms with Crippen LogP contribution in [0.3, 0.4) is 0 Å². The minimum Gasteiger partial charge on any atom is -0.334 e. The van der Waals surface area contributed by atoms with Gasteiger partial charge in [-0.2, -0.15) is 13.2 Å². The van der Waals surface area contributed by atoms with Crippen LogP contribution in [0.1, 0.15) is 5.56 Å². The molecule has 8 heteroatoms. The molecule has 3 aromatic rings. The fourth-order valence-corrected chi connectivity index (χ4v) is 1.93. The summed E-state index contributed by atoms with van der Waals surface area (Å²) in [7, 11) is 0. The average Bonchev–Trinajstić information content (AvgIpc) is 2.83. The molecule has 2 heterocycles. The van der Waals surface area contributed by atoms with Gasteiger partial charge in [0, 0.05) is 5.56 Å². The highest BCUT2D eigenvalue weighted by Gasteiger charge is 2.30. The lowest BCUT2D eigenvalue weighted by molar-refractivity contribution is -0.137. The number of alkyl halides is 3. The van der Waals surface area contributed by atoms with E-state index >= 15 is 0 Å². The maximum atomic E-state index is 12.5. The Morgan fingerprint density at radius 3 is 2.35 bits per heavy atom. The van der Waals surface area contributed by atoms with Crippen LogP contribution in [0.4, 0.5) is 13.2 Å². The van der Waals surface area contributed by atoms with Crippen LogP contribution in [-0.2, 0) is 6.18 Å². The van der Waals surface area contributed by atoms with Crippen molar-refractivity contribution in [2.45, 2.75) is 6.18 Å². The van der Waals surface area contributed by atoms with Crippen LogP contribution in [0.5, 0.6) is 0 Å². The summed E-state index contributed by atoms with van der Waals surface area (Å²) in [5.74, 6) is 0.385. The van der Waals surface area contributed by atoms with Crippen LogP contribution >= 0.6 is 11.6 Å². The molecule has 0 atom stereocenters.